The number of piperazine rings is 1. The fourth-order valence-corrected chi connectivity index (χ4v) is 2.91. The Hall–Kier alpha value is -2.80. The van der Waals surface area contributed by atoms with E-state index in [4.69, 9.17) is 0 Å². The smallest absolute Gasteiger partial charge is 0.274 e. The molecular formula is C19H23N5O2. The maximum Gasteiger partial charge on any atom is 0.274 e. The van der Waals surface area contributed by atoms with E-state index >= 15 is 0 Å². The van der Waals surface area contributed by atoms with Crippen molar-refractivity contribution in [3.63, 3.8) is 0 Å². The Kier molecular flexibility index (Phi) is 5.58. The van der Waals surface area contributed by atoms with E-state index < -0.39 is 0 Å². The van der Waals surface area contributed by atoms with Crippen LogP contribution in [0.5, 0.6) is 0 Å². The third-order valence-electron chi connectivity index (χ3n) is 4.53. The van der Waals surface area contributed by atoms with Gasteiger partial charge < -0.3 is 15.1 Å². The van der Waals surface area contributed by atoms with Gasteiger partial charge in [-0.2, -0.15) is 0 Å². The number of hydrogen-bond donors (Lipinski definition) is 1. The van der Waals surface area contributed by atoms with E-state index in [1.165, 1.54) is 6.92 Å². The van der Waals surface area contributed by atoms with Crippen LogP contribution in [-0.2, 0) is 0 Å². The first-order valence-corrected chi connectivity index (χ1v) is 8.80. The molecule has 1 N–H and O–H groups in total. The largest absolute Gasteiger partial charge is 0.339 e. The number of benzene rings is 1. The Labute approximate surface area is 153 Å². The van der Waals surface area contributed by atoms with Crippen molar-refractivity contribution >= 4 is 23.2 Å². The molecule has 3 rings (SSSR count). The van der Waals surface area contributed by atoms with Crippen molar-refractivity contribution < 1.29 is 9.59 Å². The van der Waals surface area contributed by atoms with Crippen molar-refractivity contribution in [1.82, 2.24) is 20.0 Å². The van der Waals surface area contributed by atoms with Crippen molar-refractivity contribution in [2.45, 2.75) is 13.8 Å². The summed E-state index contributed by atoms with van der Waals surface area (Å²) in [5.41, 5.74) is 1.72. The third-order valence-corrected chi connectivity index (χ3v) is 4.53. The summed E-state index contributed by atoms with van der Waals surface area (Å²) in [6, 6.07) is 10.6. The predicted octanol–water partition coefficient (Wildman–Crippen LogP) is 2.20. The molecule has 0 atom stereocenters. The van der Waals surface area contributed by atoms with Gasteiger partial charge in [-0.3, -0.25) is 9.59 Å². The molecule has 1 aliphatic rings. The van der Waals surface area contributed by atoms with Gasteiger partial charge in [-0.15, -0.1) is 10.2 Å². The first-order chi connectivity index (χ1) is 12.6. The fraction of sp³-hybridized carbons (Fsp3) is 0.368. The molecule has 2 aromatic rings. The second kappa shape index (κ2) is 8.05. The van der Waals surface area contributed by atoms with Crippen LogP contribution in [0.3, 0.4) is 0 Å². The number of anilines is 2. The number of hydrogen-bond acceptors (Lipinski definition) is 6. The lowest BCUT2D eigenvalue weighted by Gasteiger charge is -2.33. The summed E-state index contributed by atoms with van der Waals surface area (Å²) in [6.07, 6.45) is 0. The Balaban J connectivity index is 1.64. The highest BCUT2D eigenvalue weighted by atomic mass is 16.2. The van der Waals surface area contributed by atoms with Crippen molar-refractivity contribution in [3.8, 4) is 0 Å². The van der Waals surface area contributed by atoms with Gasteiger partial charge in [-0.1, -0.05) is 19.1 Å². The van der Waals surface area contributed by atoms with E-state index in [-0.39, 0.29) is 11.7 Å². The molecule has 1 aromatic heterocycles. The third kappa shape index (κ3) is 4.23. The number of rotatable bonds is 5. The van der Waals surface area contributed by atoms with Crippen LogP contribution >= 0.6 is 0 Å². The molecule has 7 heteroatoms. The zero-order chi connectivity index (χ0) is 18.5. The van der Waals surface area contributed by atoms with E-state index in [1.807, 2.05) is 11.0 Å². The van der Waals surface area contributed by atoms with Crippen LogP contribution in [0.1, 0.15) is 34.7 Å². The van der Waals surface area contributed by atoms with Gasteiger partial charge in [0.1, 0.15) is 0 Å². The summed E-state index contributed by atoms with van der Waals surface area (Å²) in [5.74, 6) is 0.445. The van der Waals surface area contributed by atoms with E-state index in [0.717, 1.165) is 25.3 Å². The van der Waals surface area contributed by atoms with E-state index in [0.29, 0.717) is 30.2 Å². The molecule has 0 saturated carbocycles. The molecule has 0 spiro atoms. The van der Waals surface area contributed by atoms with Crippen molar-refractivity contribution in [2.24, 2.45) is 0 Å². The lowest BCUT2D eigenvalue weighted by atomic mass is 10.1. The molecule has 0 aliphatic carbocycles. The SMILES string of the molecule is CCN1CCN(C(=O)c2ccc(Nc3cccc(C(C)=O)c3)nn2)CC1. The van der Waals surface area contributed by atoms with Crippen LogP contribution in [0.4, 0.5) is 11.5 Å². The van der Waals surface area contributed by atoms with Gasteiger partial charge in [-0.05, 0) is 37.7 Å². The molecule has 0 radical (unpaired) electrons. The molecule has 0 unspecified atom stereocenters. The van der Waals surface area contributed by atoms with Crippen LogP contribution in [-0.4, -0.2) is 64.4 Å². The summed E-state index contributed by atoms with van der Waals surface area (Å²) >= 11 is 0. The number of carbonyl (C=O) groups excluding carboxylic acids is 2. The minimum atomic E-state index is -0.0848. The second-order valence-electron chi connectivity index (χ2n) is 6.29. The van der Waals surface area contributed by atoms with Gasteiger partial charge in [0.05, 0.1) is 0 Å². The van der Waals surface area contributed by atoms with Gasteiger partial charge in [-0.25, -0.2) is 0 Å². The van der Waals surface area contributed by atoms with Gasteiger partial charge in [0, 0.05) is 37.4 Å². The minimum absolute atomic E-state index is 0.00356. The molecule has 1 saturated heterocycles. The lowest BCUT2D eigenvalue weighted by Crippen LogP contribution is -2.48. The number of likely N-dealkylation sites (N-methyl/N-ethyl adjacent to an activating group) is 1. The van der Waals surface area contributed by atoms with Crippen molar-refractivity contribution in [2.75, 3.05) is 38.0 Å². The minimum Gasteiger partial charge on any atom is -0.339 e. The molecule has 2 heterocycles. The Morgan fingerprint density at radius 3 is 2.46 bits per heavy atom. The Bertz CT molecular complexity index is 783. The monoisotopic (exact) mass is 353 g/mol. The van der Waals surface area contributed by atoms with Gasteiger partial charge >= 0.3 is 0 Å². The molecule has 26 heavy (non-hydrogen) atoms. The molecule has 7 nitrogen and oxygen atoms in total. The van der Waals surface area contributed by atoms with E-state index in [1.54, 1.807) is 30.3 Å². The molecule has 1 aliphatic heterocycles. The van der Waals surface area contributed by atoms with E-state index in [2.05, 4.69) is 27.3 Å². The summed E-state index contributed by atoms with van der Waals surface area (Å²) in [5, 5.41) is 11.3. The maximum atomic E-state index is 12.5. The Morgan fingerprint density at radius 2 is 1.85 bits per heavy atom. The molecule has 1 aromatic carbocycles. The quantitative estimate of drug-likeness (QED) is 0.830. The highest BCUT2D eigenvalue weighted by Gasteiger charge is 2.22. The average molecular weight is 353 g/mol. The number of carbonyl (C=O) groups is 2. The number of Topliss-reactive ketones (excluding diaryl/α,β-unsaturated/α-hetero) is 1. The number of aromatic nitrogens is 2. The topological polar surface area (TPSA) is 78.4 Å². The second-order valence-corrected chi connectivity index (χ2v) is 6.29. The van der Waals surface area contributed by atoms with Gasteiger partial charge in [0.15, 0.2) is 17.3 Å². The van der Waals surface area contributed by atoms with Crippen molar-refractivity contribution in [3.05, 3.63) is 47.7 Å². The summed E-state index contributed by atoms with van der Waals surface area (Å²) in [7, 11) is 0. The predicted molar refractivity (Wildman–Crippen MR) is 99.8 cm³/mol. The molecule has 1 fully saturated rings. The lowest BCUT2D eigenvalue weighted by molar-refractivity contribution is 0.0636. The van der Waals surface area contributed by atoms with Crippen LogP contribution < -0.4 is 5.32 Å². The van der Waals surface area contributed by atoms with E-state index in [9.17, 15) is 9.59 Å². The summed E-state index contributed by atoms with van der Waals surface area (Å²) < 4.78 is 0. The number of amides is 1. The molecule has 1 amide bonds. The van der Waals surface area contributed by atoms with Crippen LogP contribution in [0.2, 0.25) is 0 Å². The molecule has 0 bridgehead atoms. The van der Waals surface area contributed by atoms with Gasteiger partial charge in [0.25, 0.3) is 5.91 Å². The first kappa shape index (κ1) is 18.0. The summed E-state index contributed by atoms with van der Waals surface area (Å²) in [6.45, 7) is 7.87. The Morgan fingerprint density at radius 1 is 1.08 bits per heavy atom. The van der Waals surface area contributed by atoms with Gasteiger partial charge in [0.2, 0.25) is 0 Å². The highest BCUT2D eigenvalue weighted by Crippen LogP contribution is 2.16. The molecular weight excluding hydrogens is 330 g/mol. The van der Waals surface area contributed by atoms with Crippen molar-refractivity contribution in [1.29, 1.82) is 0 Å². The fourth-order valence-electron chi connectivity index (χ4n) is 2.91. The molecule has 136 valence electrons. The summed E-state index contributed by atoms with van der Waals surface area (Å²) in [4.78, 5) is 28.1. The van der Waals surface area contributed by atoms with Crippen LogP contribution in [0.25, 0.3) is 0 Å². The normalized spacial score (nSPS) is 14.9. The zero-order valence-corrected chi connectivity index (χ0v) is 15.1. The zero-order valence-electron chi connectivity index (χ0n) is 15.1. The maximum absolute atomic E-state index is 12.5. The number of nitrogens with zero attached hydrogens (tertiary/aromatic N) is 4. The van der Waals surface area contributed by atoms with Crippen LogP contribution in [0, 0.1) is 0 Å². The van der Waals surface area contributed by atoms with Crippen LogP contribution in [0.15, 0.2) is 36.4 Å². The standard InChI is InChI=1S/C19H23N5O2/c1-3-23-9-11-24(12-10-23)19(26)17-7-8-18(22-21-17)20-16-6-4-5-15(13-16)14(2)25/h4-8,13H,3,9-12H2,1-2H3,(H,20,22). The average Bonchev–Trinajstić information content (AvgIpc) is 2.68. The first-order valence-electron chi connectivity index (χ1n) is 8.80. The number of ketones is 1. The number of nitrogens with one attached hydrogen (secondary N) is 1. The highest BCUT2D eigenvalue weighted by molar-refractivity contribution is 5.95.